The summed E-state index contributed by atoms with van der Waals surface area (Å²) in [5.74, 6) is -0.348. The molecule has 0 saturated carbocycles. The van der Waals surface area contributed by atoms with Crippen molar-refractivity contribution in [2.45, 2.75) is 154 Å². The Morgan fingerprint density at radius 3 is 1.40 bits per heavy atom. The average molecular weight is 517 g/mol. The van der Waals surface area contributed by atoms with E-state index in [-0.39, 0.29) is 5.78 Å². The van der Waals surface area contributed by atoms with Gasteiger partial charge in [0, 0.05) is 6.42 Å². The van der Waals surface area contributed by atoms with Crippen molar-refractivity contribution in [1.29, 1.82) is 0 Å². The van der Waals surface area contributed by atoms with Crippen molar-refractivity contribution in [3.63, 3.8) is 0 Å². The highest BCUT2D eigenvalue weighted by Crippen LogP contribution is 2.51. The van der Waals surface area contributed by atoms with Crippen molar-refractivity contribution in [1.82, 2.24) is 0 Å². The maximum Gasteiger partial charge on any atom is 0.385 e. The van der Waals surface area contributed by atoms with E-state index in [1.165, 1.54) is 116 Å². The van der Waals surface area contributed by atoms with E-state index in [2.05, 4.69) is 19.1 Å². The third-order valence-electron chi connectivity index (χ3n) is 7.07. The highest BCUT2D eigenvalue weighted by molar-refractivity contribution is 7.53. The molecule has 4 nitrogen and oxygen atoms in total. The quantitative estimate of drug-likeness (QED) is 0.0538. The van der Waals surface area contributed by atoms with Crippen molar-refractivity contribution < 1.29 is 18.5 Å². The first-order valence-corrected chi connectivity index (χ1v) is 16.8. The lowest BCUT2D eigenvalue weighted by Crippen LogP contribution is -2.44. The van der Waals surface area contributed by atoms with Crippen LogP contribution in [0.1, 0.15) is 149 Å². The fourth-order valence-corrected chi connectivity index (χ4v) is 6.81. The van der Waals surface area contributed by atoms with Gasteiger partial charge in [-0.2, -0.15) is 0 Å². The third kappa shape index (κ3) is 21.6. The first kappa shape index (κ1) is 34.9. The molecule has 2 atom stereocenters. The molecule has 0 rings (SSSR count). The van der Waals surface area contributed by atoms with E-state index >= 15 is 0 Å². The zero-order valence-electron chi connectivity index (χ0n) is 24.4. The van der Waals surface area contributed by atoms with Crippen LogP contribution in [0.4, 0.5) is 0 Å². The summed E-state index contributed by atoms with van der Waals surface area (Å²) >= 11 is 0. The molecular formula is C30H63NO3P+. The van der Waals surface area contributed by atoms with Crippen LogP contribution >= 0.6 is 7.60 Å². The number of quaternary nitrogens is 1. The predicted molar refractivity (Wildman–Crippen MR) is 155 cm³/mol. The highest BCUT2D eigenvalue weighted by atomic mass is 31.2. The number of rotatable bonds is 26. The zero-order valence-corrected chi connectivity index (χ0v) is 25.3. The molecule has 0 aliphatic rings. The molecule has 35 heavy (non-hydrogen) atoms. The maximum atomic E-state index is 12.5. The molecule has 0 aromatic heterocycles. The molecule has 210 valence electrons. The normalized spacial score (nSPS) is 15.0. The molecule has 0 aliphatic heterocycles. The number of unbranched alkanes of at least 4 members (excludes halogenated alkanes) is 18. The van der Waals surface area contributed by atoms with Crippen LogP contribution in [-0.4, -0.2) is 42.9 Å². The van der Waals surface area contributed by atoms with Gasteiger partial charge in [-0.3, -0.25) is 4.57 Å². The predicted octanol–water partition coefficient (Wildman–Crippen LogP) is 10.0. The zero-order chi connectivity index (χ0) is 26.3. The van der Waals surface area contributed by atoms with Gasteiger partial charge in [-0.15, -0.1) is 0 Å². The fourth-order valence-electron chi connectivity index (χ4n) is 4.91. The van der Waals surface area contributed by atoms with Crippen LogP contribution < -0.4 is 0 Å². The molecule has 5 heteroatoms. The topological polar surface area (TPSA) is 46.5 Å². The molecule has 0 heterocycles. The summed E-state index contributed by atoms with van der Waals surface area (Å²) in [4.78, 5) is 10.3. The lowest BCUT2D eigenvalue weighted by Gasteiger charge is -2.35. The molecule has 0 radical (unpaired) electrons. The van der Waals surface area contributed by atoms with Crippen LogP contribution in [0.3, 0.4) is 0 Å². The second kappa shape index (κ2) is 23.0. The van der Waals surface area contributed by atoms with Gasteiger partial charge in [-0.1, -0.05) is 122 Å². The molecule has 0 spiro atoms. The second-order valence-corrected chi connectivity index (χ2v) is 13.4. The lowest BCUT2D eigenvalue weighted by molar-refractivity contribution is -0.883. The Kier molecular flexibility index (Phi) is 22.9. The Bertz CT molecular complexity index is 530. The summed E-state index contributed by atoms with van der Waals surface area (Å²) in [5, 5.41) is 0. The van der Waals surface area contributed by atoms with E-state index in [0.717, 1.165) is 12.8 Å². The Hall–Kier alpha value is -0.150. The molecule has 0 saturated heterocycles. The molecule has 0 aromatic carbocycles. The second-order valence-electron chi connectivity index (χ2n) is 11.5. The minimum Gasteiger partial charge on any atom is -0.320 e. The van der Waals surface area contributed by atoms with E-state index in [4.69, 9.17) is 4.52 Å². The van der Waals surface area contributed by atoms with Crippen molar-refractivity contribution in [3.8, 4) is 0 Å². The van der Waals surface area contributed by atoms with Gasteiger partial charge < -0.3 is 13.9 Å². The Morgan fingerprint density at radius 1 is 0.657 bits per heavy atom. The molecule has 2 unspecified atom stereocenters. The van der Waals surface area contributed by atoms with E-state index in [1.807, 2.05) is 28.1 Å². The molecule has 0 amide bonds. The van der Waals surface area contributed by atoms with Crippen LogP contribution in [0.2, 0.25) is 0 Å². The van der Waals surface area contributed by atoms with Crippen LogP contribution in [-0.2, 0) is 9.09 Å². The van der Waals surface area contributed by atoms with Crippen LogP contribution in [0.25, 0.3) is 0 Å². The number of hydrogen-bond donors (Lipinski definition) is 1. The van der Waals surface area contributed by atoms with E-state index in [1.54, 1.807) is 0 Å². The summed E-state index contributed by atoms with van der Waals surface area (Å²) in [5.41, 5.74) is 0. The van der Waals surface area contributed by atoms with Gasteiger partial charge in [-0.05, 0) is 32.1 Å². The SMILES string of the molecule is CCCCCCC/C=C\CCCCCCCCCCCCCCCOP(=O)(O)C(CC)[N+](C)(C)C. The van der Waals surface area contributed by atoms with Gasteiger partial charge in [0.15, 0.2) is 5.78 Å². The van der Waals surface area contributed by atoms with Crippen molar-refractivity contribution in [2.75, 3.05) is 27.7 Å². The largest absolute Gasteiger partial charge is 0.385 e. The first-order chi connectivity index (χ1) is 16.8. The van der Waals surface area contributed by atoms with Crippen LogP contribution in [0, 0.1) is 0 Å². The van der Waals surface area contributed by atoms with Gasteiger partial charge in [-0.25, -0.2) is 0 Å². The molecular weight excluding hydrogens is 453 g/mol. The van der Waals surface area contributed by atoms with Gasteiger partial charge >= 0.3 is 7.60 Å². The molecule has 0 bridgehead atoms. The van der Waals surface area contributed by atoms with Crippen molar-refractivity contribution >= 4 is 7.60 Å². The van der Waals surface area contributed by atoms with E-state index in [0.29, 0.717) is 17.5 Å². The summed E-state index contributed by atoms with van der Waals surface area (Å²) in [6.07, 6.45) is 31.8. The minimum absolute atomic E-state index is 0.348. The van der Waals surface area contributed by atoms with Gasteiger partial charge in [0.1, 0.15) is 0 Å². The molecule has 0 fully saturated rings. The number of allylic oxidation sites excluding steroid dienone is 2. The van der Waals surface area contributed by atoms with Gasteiger partial charge in [0.05, 0.1) is 27.7 Å². The fraction of sp³-hybridized carbons (Fsp3) is 0.933. The van der Waals surface area contributed by atoms with Crippen molar-refractivity contribution in [2.24, 2.45) is 0 Å². The Morgan fingerprint density at radius 2 is 1.03 bits per heavy atom. The standard InChI is InChI=1S/C30H62NO3P/c1-6-8-9-10-11-12-13-14-15-16-17-18-19-20-21-22-23-24-25-26-27-28-29-34-35(32,33)30(7-2)31(3,4)5/h13-14,30H,6-12,15-29H2,1-5H3/p+1/b14-13-. The average Bonchev–Trinajstić information content (AvgIpc) is 2.78. The Balaban J connectivity index is 3.37. The molecule has 0 aliphatic carbocycles. The summed E-state index contributed by atoms with van der Waals surface area (Å²) < 4.78 is 18.4. The lowest BCUT2D eigenvalue weighted by atomic mass is 10.0. The van der Waals surface area contributed by atoms with Gasteiger partial charge in [0.25, 0.3) is 0 Å². The third-order valence-corrected chi connectivity index (χ3v) is 9.43. The first-order valence-electron chi connectivity index (χ1n) is 15.2. The van der Waals surface area contributed by atoms with E-state index in [9.17, 15) is 9.46 Å². The Labute approximate surface area is 220 Å². The highest BCUT2D eigenvalue weighted by Gasteiger charge is 2.41. The van der Waals surface area contributed by atoms with Crippen LogP contribution in [0.15, 0.2) is 12.2 Å². The smallest absolute Gasteiger partial charge is 0.320 e. The monoisotopic (exact) mass is 516 g/mol. The van der Waals surface area contributed by atoms with Crippen LogP contribution in [0.5, 0.6) is 0 Å². The maximum absolute atomic E-state index is 12.5. The molecule has 0 aromatic rings. The summed E-state index contributed by atoms with van der Waals surface area (Å²) in [6, 6.07) is 0. The van der Waals surface area contributed by atoms with E-state index < -0.39 is 7.60 Å². The van der Waals surface area contributed by atoms with Crippen molar-refractivity contribution in [3.05, 3.63) is 12.2 Å². The summed E-state index contributed by atoms with van der Waals surface area (Å²) in [6.45, 7) is 4.64. The number of nitrogens with zero attached hydrogens (tertiary/aromatic N) is 1. The number of hydrogen-bond acceptors (Lipinski definition) is 2. The molecule has 1 N–H and O–H groups in total. The minimum atomic E-state index is -3.55. The summed E-state index contributed by atoms with van der Waals surface area (Å²) in [7, 11) is 2.32. The van der Waals surface area contributed by atoms with Gasteiger partial charge in [0.2, 0.25) is 0 Å².